The van der Waals surface area contributed by atoms with Crippen molar-refractivity contribution in [3.63, 3.8) is 0 Å². The van der Waals surface area contributed by atoms with Crippen LogP contribution in [-0.2, 0) is 0 Å². The lowest BCUT2D eigenvalue weighted by Gasteiger charge is -2.27. The lowest BCUT2D eigenvalue weighted by Crippen LogP contribution is -2.40. The molecule has 0 bridgehead atoms. The molecule has 2 N–H and O–H groups in total. The van der Waals surface area contributed by atoms with Crippen LogP contribution in [0.25, 0.3) is 0 Å². The van der Waals surface area contributed by atoms with Crippen LogP contribution in [0.5, 0.6) is 12.0 Å². The molecule has 0 aromatic carbocycles. The summed E-state index contributed by atoms with van der Waals surface area (Å²) < 4.78 is 10.1. The number of anilines is 1. The molecule has 7 heteroatoms. The fourth-order valence-corrected chi connectivity index (χ4v) is 1.96. The first-order valence-electron chi connectivity index (χ1n) is 5.96. The Morgan fingerprint density at radius 1 is 1.22 bits per heavy atom. The summed E-state index contributed by atoms with van der Waals surface area (Å²) >= 11 is 0. The summed E-state index contributed by atoms with van der Waals surface area (Å²) in [6.07, 6.45) is 2.43. The zero-order valence-electron chi connectivity index (χ0n) is 11.0. The normalized spacial score (nSPS) is 16.2. The molecule has 1 aliphatic rings. The maximum atomic E-state index is 5.82. The number of aromatic nitrogens is 3. The van der Waals surface area contributed by atoms with Crippen molar-refractivity contribution in [2.24, 2.45) is 11.7 Å². The van der Waals surface area contributed by atoms with E-state index in [2.05, 4.69) is 15.0 Å². The Labute approximate surface area is 106 Å². The van der Waals surface area contributed by atoms with Gasteiger partial charge in [-0.05, 0) is 18.8 Å². The second kappa shape index (κ2) is 5.34. The third kappa shape index (κ3) is 2.61. The van der Waals surface area contributed by atoms with E-state index >= 15 is 0 Å². The first kappa shape index (κ1) is 12.8. The van der Waals surface area contributed by atoms with Gasteiger partial charge in [-0.25, -0.2) is 0 Å². The highest BCUT2D eigenvalue weighted by atomic mass is 16.5. The molecule has 1 fully saturated rings. The molecule has 1 saturated carbocycles. The Kier molecular flexibility index (Phi) is 3.81. The van der Waals surface area contributed by atoms with Crippen molar-refractivity contribution in [1.29, 1.82) is 0 Å². The molecule has 0 saturated heterocycles. The molecule has 18 heavy (non-hydrogen) atoms. The molecule has 1 aromatic heterocycles. The van der Waals surface area contributed by atoms with Crippen LogP contribution >= 0.6 is 0 Å². The minimum absolute atomic E-state index is 0.246. The van der Waals surface area contributed by atoms with Crippen LogP contribution in [-0.4, -0.2) is 48.8 Å². The summed E-state index contributed by atoms with van der Waals surface area (Å²) in [5.74, 6) is 1.16. The highest BCUT2D eigenvalue weighted by molar-refractivity contribution is 5.33. The van der Waals surface area contributed by atoms with Crippen LogP contribution in [0.15, 0.2) is 0 Å². The molecule has 100 valence electrons. The Morgan fingerprint density at radius 3 is 2.17 bits per heavy atom. The molecular formula is C11H19N5O2. The predicted octanol–water partition coefficient (Wildman–Crippen LogP) is 0.0623. The molecule has 1 heterocycles. The van der Waals surface area contributed by atoms with E-state index in [0.717, 1.165) is 0 Å². The Bertz CT molecular complexity index is 388. The SMILES string of the molecule is COc1nc(OC)nc(N(C)C(CN)C2CC2)n1. The summed E-state index contributed by atoms with van der Waals surface area (Å²) in [5, 5.41) is 0. The first-order chi connectivity index (χ1) is 8.69. The summed E-state index contributed by atoms with van der Waals surface area (Å²) in [7, 11) is 4.96. The highest BCUT2D eigenvalue weighted by Crippen LogP contribution is 2.35. The van der Waals surface area contributed by atoms with E-state index in [4.69, 9.17) is 15.2 Å². The van der Waals surface area contributed by atoms with E-state index in [0.29, 0.717) is 18.4 Å². The second-order valence-electron chi connectivity index (χ2n) is 4.36. The Hall–Kier alpha value is -1.63. The standard InChI is InChI=1S/C11H19N5O2/c1-16(8(6-12)7-4-5-7)9-13-10(17-2)15-11(14-9)18-3/h7-8H,4-6,12H2,1-3H3. The van der Waals surface area contributed by atoms with E-state index in [1.807, 2.05) is 11.9 Å². The van der Waals surface area contributed by atoms with Crippen LogP contribution in [0.2, 0.25) is 0 Å². The molecule has 0 spiro atoms. The van der Waals surface area contributed by atoms with Gasteiger partial charge in [-0.15, -0.1) is 4.98 Å². The van der Waals surface area contributed by atoms with Gasteiger partial charge in [0.1, 0.15) is 0 Å². The van der Waals surface area contributed by atoms with Crippen LogP contribution in [0.1, 0.15) is 12.8 Å². The number of hydrogen-bond acceptors (Lipinski definition) is 7. The van der Waals surface area contributed by atoms with Crippen LogP contribution < -0.4 is 20.1 Å². The van der Waals surface area contributed by atoms with Gasteiger partial charge < -0.3 is 20.1 Å². The van der Waals surface area contributed by atoms with Gasteiger partial charge in [0.05, 0.1) is 14.2 Å². The van der Waals surface area contributed by atoms with Gasteiger partial charge in [0.2, 0.25) is 5.95 Å². The number of ether oxygens (including phenoxy) is 2. The molecule has 1 aliphatic carbocycles. The van der Waals surface area contributed by atoms with Crippen molar-refractivity contribution in [3.8, 4) is 12.0 Å². The van der Waals surface area contributed by atoms with Gasteiger partial charge in [-0.2, -0.15) is 9.97 Å². The number of hydrogen-bond donors (Lipinski definition) is 1. The van der Waals surface area contributed by atoms with Crippen molar-refractivity contribution >= 4 is 5.95 Å². The molecule has 0 aliphatic heterocycles. The van der Waals surface area contributed by atoms with E-state index < -0.39 is 0 Å². The first-order valence-corrected chi connectivity index (χ1v) is 5.96. The Balaban J connectivity index is 2.24. The maximum absolute atomic E-state index is 5.82. The van der Waals surface area contributed by atoms with E-state index in [-0.39, 0.29) is 18.1 Å². The summed E-state index contributed by atoms with van der Waals surface area (Å²) in [4.78, 5) is 14.4. The quantitative estimate of drug-likeness (QED) is 0.767. The minimum Gasteiger partial charge on any atom is -0.467 e. The lowest BCUT2D eigenvalue weighted by molar-refractivity contribution is 0.339. The molecule has 0 radical (unpaired) electrons. The van der Waals surface area contributed by atoms with Crippen LogP contribution in [0.3, 0.4) is 0 Å². The summed E-state index contributed by atoms with van der Waals surface area (Å²) in [5.41, 5.74) is 5.82. The van der Waals surface area contributed by atoms with Crippen molar-refractivity contribution in [1.82, 2.24) is 15.0 Å². The third-order valence-corrected chi connectivity index (χ3v) is 3.17. The van der Waals surface area contributed by atoms with Crippen LogP contribution in [0.4, 0.5) is 5.95 Å². The summed E-state index contributed by atoms with van der Waals surface area (Å²) in [6.45, 7) is 0.581. The molecule has 0 amide bonds. The van der Waals surface area contributed by atoms with Gasteiger partial charge >= 0.3 is 12.0 Å². The molecule has 2 rings (SSSR count). The zero-order valence-corrected chi connectivity index (χ0v) is 11.0. The van der Waals surface area contributed by atoms with Crippen molar-refractivity contribution in [2.45, 2.75) is 18.9 Å². The maximum Gasteiger partial charge on any atom is 0.324 e. The monoisotopic (exact) mass is 253 g/mol. The largest absolute Gasteiger partial charge is 0.467 e. The topological polar surface area (TPSA) is 86.4 Å². The van der Waals surface area contributed by atoms with E-state index in [1.54, 1.807) is 0 Å². The van der Waals surface area contributed by atoms with Gasteiger partial charge in [0.25, 0.3) is 0 Å². The van der Waals surface area contributed by atoms with E-state index in [1.165, 1.54) is 27.1 Å². The average molecular weight is 253 g/mol. The van der Waals surface area contributed by atoms with Crippen molar-refractivity contribution in [2.75, 3.05) is 32.7 Å². The molecule has 1 atom stereocenters. The minimum atomic E-state index is 0.246. The van der Waals surface area contributed by atoms with Crippen LogP contribution in [0, 0.1) is 5.92 Å². The molecule has 7 nitrogen and oxygen atoms in total. The number of rotatable bonds is 6. The number of nitrogens with two attached hydrogens (primary N) is 1. The van der Waals surface area contributed by atoms with Gasteiger partial charge in [-0.3, -0.25) is 0 Å². The fraction of sp³-hybridized carbons (Fsp3) is 0.727. The smallest absolute Gasteiger partial charge is 0.324 e. The van der Waals surface area contributed by atoms with Gasteiger partial charge in [0, 0.05) is 19.6 Å². The Morgan fingerprint density at radius 2 is 1.78 bits per heavy atom. The lowest BCUT2D eigenvalue weighted by atomic mass is 10.1. The van der Waals surface area contributed by atoms with Crippen molar-refractivity contribution in [3.05, 3.63) is 0 Å². The number of methoxy groups -OCH3 is 2. The summed E-state index contributed by atoms with van der Waals surface area (Å²) in [6, 6.07) is 0.743. The third-order valence-electron chi connectivity index (χ3n) is 3.17. The highest BCUT2D eigenvalue weighted by Gasteiger charge is 2.34. The predicted molar refractivity (Wildman–Crippen MR) is 66.9 cm³/mol. The number of nitrogens with zero attached hydrogens (tertiary/aromatic N) is 4. The zero-order chi connectivity index (χ0) is 13.1. The number of likely N-dealkylation sites (N-methyl/N-ethyl adjacent to an activating group) is 1. The molecule has 1 unspecified atom stereocenters. The van der Waals surface area contributed by atoms with Gasteiger partial charge in [0.15, 0.2) is 0 Å². The molecule has 1 aromatic rings. The van der Waals surface area contributed by atoms with Gasteiger partial charge in [-0.1, -0.05) is 0 Å². The van der Waals surface area contributed by atoms with Crippen molar-refractivity contribution < 1.29 is 9.47 Å². The fourth-order valence-electron chi connectivity index (χ4n) is 1.96. The molecular weight excluding hydrogens is 234 g/mol. The second-order valence-corrected chi connectivity index (χ2v) is 4.36. The van der Waals surface area contributed by atoms with E-state index in [9.17, 15) is 0 Å². The average Bonchev–Trinajstić information content (AvgIpc) is 3.23.